The molecule has 2 N–H and O–H groups in total. The normalized spacial score (nSPS) is 10.9. The lowest BCUT2D eigenvalue weighted by Gasteiger charge is -2.11. The average Bonchev–Trinajstić information content (AvgIpc) is 2.67. The van der Waals surface area contributed by atoms with Crippen molar-refractivity contribution in [2.45, 2.75) is 13.8 Å². The van der Waals surface area contributed by atoms with Crippen molar-refractivity contribution in [2.75, 3.05) is 11.9 Å². The van der Waals surface area contributed by atoms with E-state index in [0.717, 1.165) is 27.8 Å². The molecule has 2 amide bonds. The second kappa shape index (κ2) is 8.23. The summed E-state index contributed by atoms with van der Waals surface area (Å²) in [6.45, 7) is 3.74. The van der Waals surface area contributed by atoms with Gasteiger partial charge in [-0.25, -0.2) is 4.98 Å². The molecule has 0 saturated heterocycles. The van der Waals surface area contributed by atoms with Gasteiger partial charge < -0.3 is 10.6 Å². The Labute approximate surface area is 157 Å². The van der Waals surface area contributed by atoms with Gasteiger partial charge in [0, 0.05) is 11.8 Å². The molecule has 6 nitrogen and oxygen atoms in total. The minimum absolute atomic E-state index is 0.111. The molecule has 0 unspecified atom stereocenters. The van der Waals surface area contributed by atoms with E-state index in [-0.39, 0.29) is 18.4 Å². The second-order valence-electron chi connectivity index (χ2n) is 6.15. The van der Waals surface area contributed by atoms with Crippen LogP contribution in [-0.4, -0.2) is 28.3 Å². The first-order valence-electron chi connectivity index (χ1n) is 8.57. The summed E-state index contributed by atoms with van der Waals surface area (Å²) in [6.07, 6.45) is 4.50. The Hall–Kier alpha value is -3.54. The molecule has 0 fully saturated rings. The van der Waals surface area contributed by atoms with Crippen LogP contribution in [0.1, 0.15) is 16.8 Å². The Balaban J connectivity index is 1.55. The quantitative estimate of drug-likeness (QED) is 0.685. The Morgan fingerprint density at radius 3 is 2.44 bits per heavy atom. The fourth-order valence-electron chi connectivity index (χ4n) is 2.63. The predicted molar refractivity (Wildman–Crippen MR) is 106 cm³/mol. The van der Waals surface area contributed by atoms with Crippen LogP contribution in [0.4, 0.5) is 5.69 Å². The van der Waals surface area contributed by atoms with E-state index in [1.807, 2.05) is 56.3 Å². The lowest BCUT2D eigenvalue weighted by molar-refractivity contribution is -0.121. The maximum atomic E-state index is 12.1. The van der Waals surface area contributed by atoms with Crippen molar-refractivity contribution in [1.29, 1.82) is 0 Å². The van der Waals surface area contributed by atoms with E-state index in [0.29, 0.717) is 5.69 Å². The zero-order chi connectivity index (χ0) is 19.2. The standard InChI is InChI=1S/C21H20N4O2/c1-14-6-5-7-15(2)21(14)25-20(27)13-23-19(26)11-10-16-12-22-17-8-3-4-9-18(17)24-16/h3-12H,13H2,1-2H3,(H,23,26)(H,25,27)/b11-10+. The first kappa shape index (κ1) is 18.3. The number of benzene rings is 2. The van der Waals surface area contributed by atoms with Crippen LogP contribution >= 0.6 is 0 Å². The lowest BCUT2D eigenvalue weighted by Crippen LogP contribution is -2.32. The summed E-state index contributed by atoms with van der Waals surface area (Å²) >= 11 is 0. The summed E-state index contributed by atoms with van der Waals surface area (Å²) in [5.41, 5.74) is 4.85. The summed E-state index contributed by atoms with van der Waals surface area (Å²) in [7, 11) is 0. The van der Waals surface area contributed by atoms with Crippen LogP contribution in [-0.2, 0) is 9.59 Å². The van der Waals surface area contributed by atoms with E-state index in [2.05, 4.69) is 20.6 Å². The summed E-state index contributed by atoms with van der Waals surface area (Å²) < 4.78 is 0. The highest BCUT2D eigenvalue weighted by atomic mass is 16.2. The molecule has 0 atom stereocenters. The van der Waals surface area contributed by atoms with Gasteiger partial charge in [-0.2, -0.15) is 0 Å². The van der Waals surface area contributed by atoms with Crippen molar-refractivity contribution in [2.24, 2.45) is 0 Å². The highest BCUT2D eigenvalue weighted by Crippen LogP contribution is 2.19. The number of rotatable bonds is 5. The molecule has 3 rings (SSSR count). The molecule has 2 aromatic carbocycles. The number of aryl methyl sites for hydroxylation is 2. The predicted octanol–water partition coefficient (Wildman–Crippen LogP) is 3.01. The van der Waals surface area contributed by atoms with Gasteiger partial charge in [-0.3, -0.25) is 14.6 Å². The highest BCUT2D eigenvalue weighted by molar-refractivity contribution is 5.98. The number of aromatic nitrogens is 2. The molecule has 1 heterocycles. The molecule has 6 heteroatoms. The number of hydrogen-bond donors (Lipinski definition) is 2. The number of anilines is 1. The van der Waals surface area contributed by atoms with Gasteiger partial charge in [0.2, 0.25) is 11.8 Å². The molecule has 0 aliphatic carbocycles. The fourth-order valence-corrected chi connectivity index (χ4v) is 2.63. The van der Waals surface area contributed by atoms with Gasteiger partial charge in [-0.05, 0) is 43.2 Å². The van der Waals surface area contributed by atoms with E-state index in [4.69, 9.17) is 0 Å². The Bertz CT molecular complexity index is 1010. The zero-order valence-electron chi connectivity index (χ0n) is 15.2. The first-order valence-corrected chi connectivity index (χ1v) is 8.57. The van der Waals surface area contributed by atoms with Crippen molar-refractivity contribution in [3.8, 4) is 0 Å². The number of amides is 2. The van der Waals surface area contributed by atoms with E-state index in [1.54, 1.807) is 12.3 Å². The number of para-hydroxylation sites is 3. The summed E-state index contributed by atoms with van der Waals surface area (Å²) in [5, 5.41) is 5.39. The number of carbonyl (C=O) groups is 2. The third-order valence-electron chi connectivity index (χ3n) is 4.04. The van der Waals surface area contributed by atoms with Gasteiger partial charge in [-0.1, -0.05) is 30.3 Å². The smallest absolute Gasteiger partial charge is 0.244 e. The van der Waals surface area contributed by atoms with Gasteiger partial charge >= 0.3 is 0 Å². The fraction of sp³-hybridized carbons (Fsp3) is 0.143. The molecule has 1 aromatic heterocycles. The van der Waals surface area contributed by atoms with Gasteiger partial charge in [0.25, 0.3) is 0 Å². The Morgan fingerprint density at radius 1 is 1.00 bits per heavy atom. The zero-order valence-corrected chi connectivity index (χ0v) is 15.2. The minimum Gasteiger partial charge on any atom is -0.343 e. The van der Waals surface area contributed by atoms with Gasteiger partial charge in [-0.15, -0.1) is 0 Å². The summed E-state index contributed by atoms with van der Waals surface area (Å²) in [4.78, 5) is 32.7. The van der Waals surface area contributed by atoms with E-state index < -0.39 is 0 Å². The van der Waals surface area contributed by atoms with Crippen LogP contribution in [0.25, 0.3) is 17.1 Å². The van der Waals surface area contributed by atoms with Crippen molar-refractivity contribution in [1.82, 2.24) is 15.3 Å². The molecular weight excluding hydrogens is 340 g/mol. The van der Waals surface area contributed by atoms with Gasteiger partial charge in [0.1, 0.15) is 0 Å². The maximum Gasteiger partial charge on any atom is 0.244 e. The number of fused-ring (bicyclic) bond motifs is 1. The molecule has 0 aliphatic rings. The third kappa shape index (κ3) is 4.76. The largest absolute Gasteiger partial charge is 0.343 e. The minimum atomic E-state index is -0.374. The molecular formula is C21H20N4O2. The van der Waals surface area contributed by atoms with Gasteiger partial charge in [0.05, 0.1) is 29.5 Å². The number of carbonyl (C=O) groups excluding carboxylic acids is 2. The monoisotopic (exact) mass is 360 g/mol. The molecule has 0 radical (unpaired) electrons. The number of hydrogen-bond acceptors (Lipinski definition) is 4. The molecule has 0 bridgehead atoms. The number of nitrogens with zero attached hydrogens (tertiary/aromatic N) is 2. The van der Waals surface area contributed by atoms with E-state index >= 15 is 0 Å². The van der Waals surface area contributed by atoms with Crippen LogP contribution in [0, 0.1) is 13.8 Å². The topological polar surface area (TPSA) is 84.0 Å². The maximum absolute atomic E-state index is 12.1. The average molecular weight is 360 g/mol. The highest BCUT2D eigenvalue weighted by Gasteiger charge is 2.08. The summed E-state index contributed by atoms with van der Waals surface area (Å²) in [5.74, 6) is -0.652. The van der Waals surface area contributed by atoms with Crippen LogP contribution in [0.3, 0.4) is 0 Å². The third-order valence-corrected chi connectivity index (χ3v) is 4.04. The molecule has 27 heavy (non-hydrogen) atoms. The van der Waals surface area contributed by atoms with Crippen LogP contribution in [0.5, 0.6) is 0 Å². The van der Waals surface area contributed by atoms with Crippen molar-refractivity contribution < 1.29 is 9.59 Å². The Kier molecular flexibility index (Phi) is 5.56. The molecule has 3 aromatic rings. The number of nitrogens with one attached hydrogen (secondary N) is 2. The van der Waals surface area contributed by atoms with Crippen molar-refractivity contribution >= 4 is 34.6 Å². The lowest BCUT2D eigenvalue weighted by atomic mass is 10.1. The summed E-state index contributed by atoms with van der Waals surface area (Å²) in [6, 6.07) is 13.3. The van der Waals surface area contributed by atoms with Crippen molar-refractivity contribution in [3.05, 3.63) is 71.6 Å². The molecule has 0 spiro atoms. The molecule has 0 saturated carbocycles. The SMILES string of the molecule is Cc1cccc(C)c1NC(=O)CNC(=O)/C=C/c1cnc2ccccc2n1. The van der Waals surface area contributed by atoms with E-state index in [9.17, 15) is 9.59 Å². The van der Waals surface area contributed by atoms with Crippen molar-refractivity contribution in [3.63, 3.8) is 0 Å². The van der Waals surface area contributed by atoms with E-state index in [1.165, 1.54) is 6.08 Å². The molecule has 0 aliphatic heterocycles. The van der Waals surface area contributed by atoms with Crippen LogP contribution < -0.4 is 10.6 Å². The second-order valence-corrected chi connectivity index (χ2v) is 6.15. The van der Waals surface area contributed by atoms with Gasteiger partial charge in [0.15, 0.2) is 0 Å². The first-order chi connectivity index (χ1) is 13.0. The Morgan fingerprint density at radius 2 is 1.70 bits per heavy atom. The van der Waals surface area contributed by atoms with Crippen LogP contribution in [0.15, 0.2) is 54.7 Å². The molecule has 136 valence electrons. The van der Waals surface area contributed by atoms with Crippen LogP contribution in [0.2, 0.25) is 0 Å².